The van der Waals surface area contributed by atoms with Gasteiger partial charge in [0.2, 0.25) is 5.91 Å². The maximum absolute atomic E-state index is 14.0. The number of fused-ring (bicyclic) bond motifs is 1. The molecule has 6 aromatic rings. The summed E-state index contributed by atoms with van der Waals surface area (Å²) in [5, 5.41) is 15.9. The fourth-order valence-corrected chi connectivity index (χ4v) is 7.33. The van der Waals surface area contributed by atoms with E-state index in [0.29, 0.717) is 62.9 Å². The lowest BCUT2D eigenvalue weighted by Gasteiger charge is -2.25. The SMILES string of the molecule is O=C(O)[C@H](Cc1c[nH]c2cc(OCc3ccccc3)ccc12)N=C(c1ccccc1)c1cc(Cl)ccc1NC(=O)[C@@H]1CCCN1Cc1ccc(Cl)c(Cl)c1. The van der Waals surface area contributed by atoms with E-state index >= 15 is 0 Å². The van der Waals surface area contributed by atoms with Crippen molar-refractivity contribution >= 4 is 69.0 Å². The lowest BCUT2D eigenvalue weighted by Crippen LogP contribution is -2.39. The molecule has 1 fully saturated rings. The predicted octanol–water partition coefficient (Wildman–Crippen LogP) is 9.84. The van der Waals surface area contributed by atoms with E-state index in [1.807, 2.05) is 97.2 Å². The highest BCUT2D eigenvalue weighted by Gasteiger charge is 2.32. The van der Waals surface area contributed by atoms with E-state index in [-0.39, 0.29) is 12.3 Å². The molecule has 11 heteroatoms. The zero-order chi connectivity index (χ0) is 37.6. The highest BCUT2D eigenvalue weighted by atomic mass is 35.5. The van der Waals surface area contributed by atoms with Crippen molar-refractivity contribution in [2.24, 2.45) is 4.99 Å². The summed E-state index contributed by atoms with van der Waals surface area (Å²) in [6, 6.07) is 34.1. The van der Waals surface area contributed by atoms with E-state index in [1.165, 1.54) is 0 Å². The molecule has 0 bridgehead atoms. The smallest absolute Gasteiger partial charge is 0.328 e. The van der Waals surface area contributed by atoms with Crippen molar-refractivity contribution in [2.75, 3.05) is 11.9 Å². The number of carbonyl (C=O) groups excluding carboxylic acids is 1. The Morgan fingerprint density at radius 1 is 0.889 bits per heavy atom. The molecule has 1 aromatic heterocycles. The average molecular weight is 780 g/mol. The number of halogens is 3. The first-order valence-corrected chi connectivity index (χ1v) is 18.8. The molecule has 1 aliphatic rings. The second-order valence-corrected chi connectivity index (χ2v) is 14.5. The Labute approximate surface area is 328 Å². The molecule has 274 valence electrons. The third-order valence-corrected chi connectivity index (χ3v) is 10.5. The van der Waals surface area contributed by atoms with Crippen LogP contribution in [0.5, 0.6) is 5.75 Å². The number of carboxylic acid groups (broad SMARTS) is 1. The molecule has 2 atom stereocenters. The number of likely N-dealkylation sites (tertiary alicyclic amines) is 1. The van der Waals surface area contributed by atoms with Crippen molar-refractivity contribution in [2.45, 2.75) is 44.5 Å². The summed E-state index contributed by atoms with van der Waals surface area (Å²) in [5.41, 5.74) is 5.72. The maximum atomic E-state index is 14.0. The maximum Gasteiger partial charge on any atom is 0.328 e. The minimum atomic E-state index is -1.16. The minimum Gasteiger partial charge on any atom is -0.489 e. The number of amides is 1. The minimum absolute atomic E-state index is 0.115. The van der Waals surface area contributed by atoms with E-state index in [1.54, 1.807) is 24.3 Å². The van der Waals surface area contributed by atoms with Crippen molar-refractivity contribution in [1.29, 1.82) is 0 Å². The van der Waals surface area contributed by atoms with Crippen LogP contribution in [0.25, 0.3) is 10.9 Å². The molecule has 0 unspecified atom stereocenters. The van der Waals surface area contributed by atoms with Gasteiger partial charge >= 0.3 is 5.97 Å². The van der Waals surface area contributed by atoms with Gasteiger partial charge in [0.15, 0.2) is 6.04 Å². The number of carbonyl (C=O) groups is 2. The second kappa shape index (κ2) is 16.9. The standard InChI is InChI=1S/C43H37Cl3N4O4/c44-31-14-18-37(49-42(51)40-12-7-19-50(40)25-28-13-17-35(45)36(46)20-28)34(22-31)41(29-10-5-2-6-11-29)48-39(43(52)53)21-30-24-47-38-23-32(15-16-33(30)38)54-26-27-8-3-1-4-9-27/h1-6,8-11,13-18,20,22-24,39-40,47H,7,12,19,21,25-26H2,(H,49,51)(H,52,53)/t39-,40-/m0/s1. The number of aromatic nitrogens is 1. The molecule has 0 aliphatic carbocycles. The van der Waals surface area contributed by atoms with Gasteiger partial charge in [0.25, 0.3) is 0 Å². The summed E-state index contributed by atoms with van der Waals surface area (Å²) >= 11 is 19.0. The van der Waals surface area contributed by atoms with Gasteiger partial charge in [-0.15, -0.1) is 0 Å². The molecule has 8 nitrogen and oxygen atoms in total. The molecular formula is C43H37Cl3N4O4. The molecule has 7 rings (SSSR count). The van der Waals surface area contributed by atoms with Gasteiger partial charge in [-0.25, -0.2) is 4.79 Å². The lowest BCUT2D eigenvalue weighted by molar-refractivity contribution is -0.138. The van der Waals surface area contributed by atoms with E-state index in [9.17, 15) is 14.7 Å². The van der Waals surface area contributed by atoms with Crippen LogP contribution in [0.4, 0.5) is 5.69 Å². The van der Waals surface area contributed by atoms with Crippen LogP contribution < -0.4 is 10.1 Å². The molecule has 1 amide bonds. The quantitative estimate of drug-likeness (QED) is 0.101. The monoisotopic (exact) mass is 778 g/mol. The summed E-state index contributed by atoms with van der Waals surface area (Å²) in [4.78, 5) is 37.2. The molecule has 54 heavy (non-hydrogen) atoms. The van der Waals surface area contributed by atoms with E-state index in [4.69, 9.17) is 44.5 Å². The van der Waals surface area contributed by atoms with Crippen LogP contribution in [0.15, 0.2) is 126 Å². The van der Waals surface area contributed by atoms with E-state index in [2.05, 4.69) is 15.2 Å². The summed E-state index contributed by atoms with van der Waals surface area (Å²) < 4.78 is 6.01. The van der Waals surface area contributed by atoms with Crippen molar-refractivity contribution in [3.63, 3.8) is 0 Å². The molecule has 1 aliphatic heterocycles. The number of aliphatic carboxylic acids is 1. The van der Waals surface area contributed by atoms with Gasteiger partial charge < -0.3 is 20.1 Å². The second-order valence-electron chi connectivity index (χ2n) is 13.3. The first-order valence-electron chi connectivity index (χ1n) is 17.6. The molecule has 0 radical (unpaired) electrons. The summed E-state index contributed by atoms with van der Waals surface area (Å²) in [6.45, 7) is 1.72. The average Bonchev–Trinajstić information content (AvgIpc) is 3.82. The molecule has 2 heterocycles. The molecular weight excluding hydrogens is 743 g/mol. The number of nitrogens with one attached hydrogen (secondary N) is 2. The molecule has 0 spiro atoms. The molecule has 0 saturated carbocycles. The van der Waals surface area contributed by atoms with E-state index < -0.39 is 18.1 Å². The van der Waals surface area contributed by atoms with Crippen molar-refractivity contribution in [1.82, 2.24) is 9.88 Å². The third kappa shape index (κ3) is 8.80. The fourth-order valence-electron chi connectivity index (χ4n) is 6.84. The topological polar surface area (TPSA) is 107 Å². The summed E-state index contributed by atoms with van der Waals surface area (Å²) in [7, 11) is 0. The number of nitrogens with zero attached hydrogens (tertiary/aromatic N) is 2. The lowest BCUT2D eigenvalue weighted by atomic mass is 9.98. The zero-order valence-corrected chi connectivity index (χ0v) is 31.4. The Bertz CT molecular complexity index is 2310. The van der Waals surface area contributed by atoms with Gasteiger partial charge in [0, 0.05) is 52.3 Å². The normalized spacial score (nSPS) is 15.3. The number of anilines is 1. The van der Waals surface area contributed by atoms with Gasteiger partial charge in [0.05, 0.1) is 27.5 Å². The zero-order valence-electron chi connectivity index (χ0n) is 29.1. The predicted molar refractivity (Wildman–Crippen MR) is 216 cm³/mol. The van der Waals surface area contributed by atoms with Crippen LogP contribution in [0, 0.1) is 0 Å². The van der Waals surface area contributed by atoms with Gasteiger partial charge in [-0.2, -0.15) is 0 Å². The molecule has 3 N–H and O–H groups in total. The number of rotatable bonds is 13. The Morgan fingerprint density at radius 3 is 2.43 bits per heavy atom. The molecule has 1 saturated heterocycles. The van der Waals surface area contributed by atoms with Crippen LogP contribution in [0.2, 0.25) is 15.1 Å². The van der Waals surface area contributed by atoms with E-state index in [0.717, 1.165) is 40.6 Å². The number of carboxylic acids is 1. The van der Waals surface area contributed by atoms with Gasteiger partial charge in [0.1, 0.15) is 12.4 Å². The van der Waals surface area contributed by atoms with Crippen LogP contribution in [0.3, 0.4) is 0 Å². The molecule has 5 aromatic carbocycles. The summed E-state index contributed by atoms with van der Waals surface area (Å²) in [6.07, 6.45) is 3.47. The Kier molecular flexibility index (Phi) is 11.7. The van der Waals surface area contributed by atoms with Crippen LogP contribution in [-0.2, 0) is 29.2 Å². The van der Waals surface area contributed by atoms with Crippen LogP contribution in [-0.4, -0.2) is 51.2 Å². The van der Waals surface area contributed by atoms with Gasteiger partial charge in [-0.05, 0) is 78.5 Å². The number of H-pyrrole nitrogens is 1. The van der Waals surface area contributed by atoms with Gasteiger partial charge in [-0.3, -0.25) is 14.7 Å². The highest BCUT2D eigenvalue weighted by molar-refractivity contribution is 6.42. The Hall–Kier alpha value is -5.12. The van der Waals surface area contributed by atoms with Crippen LogP contribution in [0.1, 0.15) is 40.7 Å². The fraction of sp³-hybridized carbons (Fsp3) is 0.186. The number of hydrogen-bond donors (Lipinski definition) is 3. The number of ether oxygens (including phenoxy) is 1. The Balaban J connectivity index is 1.16. The number of aromatic amines is 1. The van der Waals surface area contributed by atoms with Gasteiger partial charge in [-0.1, -0.05) is 102 Å². The largest absolute Gasteiger partial charge is 0.489 e. The summed E-state index contributed by atoms with van der Waals surface area (Å²) in [5.74, 6) is -0.564. The number of hydrogen-bond acceptors (Lipinski definition) is 5. The van der Waals surface area contributed by atoms with Crippen molar-refractivity contribution in [3.05, 3.63) is 164 Å². The highest BCUT2D eigenvalue weighted by Crippen LogP contribution is 2.30. The Morgan fingerprint density at radius 2 is 1.67 bits per heavy atom. The first-order chi connectivity index (χ1) is 26.2. The van der Waals surface area contributed by atoms with Crippen LogP contribution >= 0.6 is 34.8 Å². The number of aliphatic imine (C=N–C) groups is 1. The first kappa shape index (κ1) is 37.2. The third-order valence-electron chi connectivity index (χ3n) is 9.55. The van der Waals surface area contributed by atoms with Crippen molar-refractivity contribution < 1.29 is 19.4 Å². The van der Waals surface area contributed by atoms with Crippen molar-refractivity contribution in [3.8, 4) is 5.75 Å². The number of benzene rings is 5.